The molecule has 0 bridgehead atoms. The van der Waals surface area contributed by atoms with Gasteiger partial charge in [0.15, 0.2) is 0 Å². The number of amides is 2. The van der Waals surface area contributed by atoms with Gasteiger partial charge in [-0.05, 0) is 62.9 Å². The summed E-state index contributed by atoms with van der Waals surface area (Å²) in [5.41, 5.74) is 2.77. The van der Waals surface area contributed by atoms with Crippen LogP contribution in [0.25, 0.3) is 11.1 Å². The van der Waals surface area contributed by atoms with Crippen molar-refractivity contribution in [3.05, 3.63) is 78.1 Å². The molecule has 39 heavy (non-hydrogen) atoms. The second-order valence-corrected chi connectivity index (χ2v) is 11.1. The van der Waals surface area contributed by atoms with E-state index in [-0.39, 0.29) is 36.0 Å². The van der Waals surface area contributed by atoms with E-state index in [0.717, 1.165) is 16.7 Å². The van der Waals surface area contributed by atoms with E-state index in [2.05, 4.69) is 4.98 Å². The number of nitrogens with zero attached hydrogens (tertiary/aromatic N) is 4. The van der Waals surface area contributed by atoms with Crippen LogP contribution in [0, 0.1) is 5.82 Å². The zero-order chi connectivity index (χ0) is 27.7. The lowest BCUT2D eigenvalue weighted by atomic mass is 9.95. The van der Waals surface area contributed by atoms with E-state index in [0.29, 0.717) is 38.4 Å². The van der Waals surface area contributed by atoms with Crippen LogP contribution in [0.15, 0.2) is 61.1 Å². The second-order valence-electron chi connectivity index (χ2n) is 11.1. The molecule has 1 aromatic heterocycles. The molecular weight excluding hydrogens is 499 g/mol. The number of carbonyl (C=O) groups excluding carboxylic acids is 2. The Morgan fingerprint density at radius 3 is 2.59 bits per heavy atom. The number of hydrogen-bond acceptors (Lipinski definition) is 5. The minimum Gasteiger partial charge on any atom is -0.444 e. The summed E-state index contributed by atoms with van der Waals surface area (Å²) in [4.78, 5) is 34.4. The van der Waals surface area contributed by atoms with E-state index in [1.165, 1.54) is 12.1 Å². The van der Waals surface area contributed by atoms with Gasteiger partial charge in [-0.2, -0.15) is 0 Å². The fourth-order valence-electron chi connectivity index (χ4n) is 5.47. The number of ether oxygens (including phenoxy) is 2. The smallest absolute Gasteiger partial charge is 0.410 e. The Kier molecular flexibility index (Phi) is 7.44. The predicted octanol–water partition coefficient (Wildman–Crippen LogP) is 5.15. The first-order chi connectivity index (χ1) is 18.6. The lowest BCUT2D eigenvalue weighted by Crippen LogP contribution is -2.61. The number of rotatable bonds is 4. The number of imidazole rings is 1. The van der Waals surface area contributed by atoms with Gasteiger partial charge < -0.3 is 23.8 Å². The first kappa shape index (κ1) is 26.9. The van der Waals surface area contributed by atoms with E-state index in [1.54, 1.807) is 34.5 Å². The van der Waals surface area contributed by atoms with Crippen LogP contribution in [0.4, 0.5) is 9.18 Å². The van der Waals surface area contributed by atoms with Gasteiger partial charge in [0.25, 0.3) is 5.91 Å². The highest BCUT2D eigenvalue weighted by Gasteiger charge is 2.42. The molecule has 3 atom stereocenters. The molecule has 2 fully saturated rings. The summed E-state index contributed by atoms with van der Waals surface area (Å²) in [5, 5.41) is 0. The molecule has 0 aliphatic carbocycles. The van der Waals surface area contributed by atoms with Crippen molar-refractivity contribution < 1.29 is 23.5 Å². The molecule has 0 radical (unpaired) electrons. The van der Waals surface area contributed by atoms with Crippen molar-refractivity contribution in [2.45, 2.75) is 57.9 Å². The van der Waals surface area contributed by atoms with Crippen molar-refractivity contribution >= 4 is 12.0 Å². The van der Waals surface area contributed by atoms with Crippen molar-refractivity contribution in [2.75, 3.05) is 26.2 Å². The van der Waals surface area contributed by atoms with Crippen LogP contribution < -0.4 is 0 Å². The average Bonchev–Trinajstić information content (AvgIpc) is 3.41. The molecule has 2 aliphatic heterocycles. The van der Waals surface area contributed by atoms with Gasteiger partial charge in [-0.25, -0.2) is 14.2 Å². The number of likely N-dealkylation sites (tertiary alicyclic amines) is 1. The third-order valence-corrected chi connectivity index (χ3v) is 7.37. The van der Waals surface area contributed by atoms with Crippen molar-refractivity contribution in [2.24, 2.45) is 0 Å². The maximum atomic E-state index is 13.8. The second kappa shape index (κ2) is 10.8. The Bertz CT molecular complexity index is 1330. The molecule has 206 valence electrons. The summed E-state index contributed by atoms with van der Waals surface area (Å²) in [6.07, 6.45) is 3.25. The van der Waals surface area contributed by atoms with Gasteiger partial charge >= 0.3 is 6.09 Å². The molecular formula is C30H35FN4O4. The summed E-state index contributed by atoms with van der Waals surface area (Å²) in [6, 6.07) is 14.0. The summed E-state index contributed by atoms with van der Waals surface area (Å²) >= 11 is 0. The Balaban J connectivity index is 1.33. The maximum Gasteiger partial charge on any atom is 0.410 e. The average molecular weight is 535 g/mol. The third-order valence-electron chi connectivity index (χ3n) is 7.37. The number of benzene rings is 2. The zero-order valence-electron chi connectivity index (χ0n) is 22.8. The summed E-state index contributed by atoms with van der Waals surface area (Å²) in [6.45, 7) is 9.34. The van der Waals surface area contributed by atoms with Crippen molar-refractivity contribution in [3.63, 3.8) is 0 Å². The van der Waals surface area contributed by atoms with Crippen molar-refractivity contribution in [1.82, 2.24) is 19.4 Å². The molecule has 3 heterocycles. The molecule has 5 rings (SSSR count). The Morgan fingerprint density at radius 2 is 1.85 bits per heavy atom. The molecule has 0 saturated carbocycles. The van der Waals surface area contributed by atoms with Crippen LogP contribution in [0.1, 0.15) is 56.2 Å². The highest BCUT2D eigenvalue weighted by atomic mass is 19.1. The number of morpholine rings is 1. The van der Waals surface area contributed by atoms with Crippen LogP contribution in [-0.4, -0.2) is 75.3 Å². The Hall–Kier alpha value is -3.72. The van der Waals surface area contributed by atoms with Gasteiger partial charge in [-0.15, -0.1) is 0 Å². The van der Waals surface area contributed by atoms with Crippen LogP contribution >= 0.6 is 0 Å². The van der Waals surface area contributed by atoms with E-state index in [1.807, 2.05) is 56.5 Å². The number of hydrogen-bond donors (Lipinski definition) is 0. The molecule has 8 nitrogen and oxygen atoms in total. The quantitative estimate of drug-likeness (QED) is 0.463. The van der Waals surface area contributed by atoms with E-state index in [9.17, 15) is 14.0 Å². The number of fused-ring (bicyclic) bond motifs is 1. The minimum atomic E-state index is -0.577. The topological polar surface area (TPSA) is 76.9 Å². The normalized spacial score (nSPS) is 20.3. The molecule has 2 amide bonds. The van der Waals surface area contributed by atoms with Crippen LogP contribution in [0.3, 0.4) is 0 Å². The molecule has 2 aliphatic rings. The molecule has 2 aromatic carbocycles. The maximum absolute atomic E-state index is 13.8. The van der Waals surface area contributed by atoms with Crippen LogP contribution in [0.5, 0.6) is 0 Å². The van der Waals surface area contributed by atoms with Gasteiger partial charge in [0.1, 0.15) is 17.1 Å². The number of carbonyl (C=O) groups is 2. The minimum absolute atomic E-state index is 0.130. The summed E-state index contributed by atoms with van der Waals surface area (Å²) < 4.78 is 27.1. The molecule has 9 heteroatoms. The fourth-order valence-corrected chi connectivity index (χ4v) is 5.47. The molecule has 0 N–H and O–H groups in total. The lowest BCUT2D eigenvalue weighted by molar-refractivity contribution is -0.0988. The predicted molar refractivity (Wildman–Crippen MR) is 145 cm³/mol. The highest BCUT2D eigenvalue weighted by molar-refractivity contribution is 5.92. The summed E-state index contributed by atoms with van der Waals surface area (Å²) in [5.74, 6) is -0.415. The first-order valence-corrected chi connectivity index (χ1v) is 13.4. The van der Waals surface area contributed by atoms with E-state index >= 15 is 0 Å². The lowest BCUT2D eigenvalue weighted by Gasteiger charge is -2.46. The SMILES string of the molecule is C[C@@H](c1ccccc1-c1ccc(F)cc1)n1cncc1C(=O)N1CC[C@@H]2[C@@H](C1)OCCN2C(=O)OC(C)(C)C. The highest BCUT2D eigenvalue weighted by Crippen LogP contribution is 2.32. The van der Waals surface area contributed by atoms with E-state index in [4.69, 9.17) is 9.47 Å². The van der Waals surface area contributed by atoms with Crippen molar-refractivity contribution in [3.8, 4) is 11.1 Å². The zero-order valence-corrected chi connectivity index (χ0v) is 22.8. The van der Waals surface area contributed by atoms with Gasteiger partial charge in [0.2, 0.25) is 0 Å². The molecule has 0 unspecified atom stereocenters. The summed E-state index contributed by atoms with van der Waals surface area (Å²) in [7, 11) is 0. The Morgan fingerprint density at radius 1 is 1.10 bits per heavy atom. The number of halogens is 1. The molecule has 2 saturated heterocycles. The van der Waals surface area contributed by atoms with Gasteiger partial charge in [-0.1, -0.05) is 36.4 Å². The van der Waals surface area contributed by atoms with Gasteiger partial charge in [-0.3, -0.25) is 4.79 Å². The number of aromatic nitrogens is 2. The van der Waals surface area contributed by atoms with Gasteiger partial charge in [0, 0.05) is 19.6 Å². The standard InChI is InChI=1S/C30H35FN4O4/c1-20(23-7-5-6-8-24(23)21-9-11-22(31)12-10-21)35-19-32-17-26(35)28(36)33-14-13-25-27(18-33)38-16-15-34(25)29(37)39-30(2,3)4/h5-12,17,19-20,25,27H,13-16,18H2,1-4H3/t20-,25+,27+/m0/s1. The van der Waals surface area contributed by atoms with Crippen LogP contribution in [-0.2, 0) is 9.47 Å². The number of piperidine rings is 1. The molecule has 3 aromatic rings. The third kappa shape index (κ3) is 5.68. The first-order valence-electron chi connectivity index (χ1n) is 13.4. The van der Waals surface area contributed by atoms with Gasteiger partial charge in [0.05, 0.1) is 37.3 Å². The monoisotopic (exact) mass is 534 g/mol. The molecule has 0 spiro atoms. The van der Waals surface area contributed by atoms with Crippen LogP contribution in [0.2, 0.25) is 0 Å². The van der Waals surface area contributed by atoms with E-state index < -0.39 is 5.60 Å². The fraction of sp³-hybridized carbons (Fsp3) is 0.433. The largest absolute Gasteiger partial charge is 0.444 e. The Labute approximate surface area is 228 Å². The van der Waals surface area contributed by atoms with Crippen molar-refractivity contribution in [1.29, 1.82) is 0 Å².